The highest BCUT2D eigenvalue weighted by Crippen LogP contribution is 2.48. The molecule has 0 aromatic heterocycles. The lowest BCUT2D eigenvalue weighted by molar-refractivity contribution is 0.0602. The Balaban J connectivity index is 2.09. The van der Waals surface area contributed by atoms with Crippen LogP contribution in [0.15, 0.2) is 24.3 Å². The fraction of sp³-hybridized carbons (Fsp3) is 0.533. The van der Waals surface area contributed by atoms with Gasteiger partial charge in [0.25, 0.3) is 0 Å². The molecule has 0 saturated heterocycles. The van der Waals surface area contributed by atoms with Crippen molar-refractivity contribution in [2.75, 3.05) is 0 Å². The number of hydrogen-bond acceptors (Lipinski definition) is 1. The molecule has 16 heavy (non-hydrogen) atoms. The Kier molecular flexibility index (Phi) is 2.17. The molecule has 2 aliphatic rings. The molecule has 1 aromatic carbocycles. The van der Waals surface area contributed by atoms with Crippen molar-refractivity contribution in [1.29, 1.82) is 0 Å². The van der Waals surface area contributed by atoms with Gasteiger partial charge in [0.05, 0.1) is 0 Å². The number of Topliss-reactive ketones (excluding diaryl/α,β-unsaturated/α-hetero) is 1. The van der Waals surface area contributed by atoms with E-state index in [9.17, 15) is 4.79 Å². The van der Waals surface area contributed by atoms with E-state index in [-0.39, 0.29) is 11.3 Å². The summed E-state index contributed by atoms with van der Waals surface area (Å²) in [6, 6.07) is 8.18. The molecule has 0 spiro atoms. The minimum atomic E-state index is 0.240. The third-order valence-corrected chi connectivity index (χ3v) is 4.53. The Morgan fingerprint density at radius 1 is 1.25 bits per heavy atom. The quantitative estimate of drug-likeness (QED) is 0.644. The second kappa shape index (κ2) is 3.44. The smallest absolute Gasteiger partial charge is 0.166 e. The number of carbonyl (C=O) groups is 1. The van der Waals surface area contributed by atoms with Crippen LogP contribution >= 0.6 is 0 Å². The van der Waals surface area contributed by atoms with Crippen LogP contribution in [0.4, 0.5) is 0 Å². The summed E-state index contributed by atoms with van der Waals surface area (Å²) in [4.78, 5) is 12.5. The molecular formula is C15H18O. The van der Waals surface area contributed by atoms with Crippen LogP contribution in [0.1, 0.15) is 48.5 Å². The zero-order chi connectivity index (χ0) is 11.2. The number of rotatable bonds is 0. The Morgan fingerprint density at radius 2 is 2.06 bits per heavy atom. The SMILES string of the molecule is C[C@]12CCCC[C@@H]1C(=O)c1ccccc1C2. The minimum Gasteiger partial charge on any atom is -0.294 e. The molecule has 0 heterocycles. The maximum atomic E-state index is 12.5. The highest BCUT2D eigenvalue weighted by atomic mass is 16.1. The molecule has 3 rings (SSSR count). The summed E-state index contributed by atoms with van der Waals surface area (Å²) in [6.45, 7) is 2.31. The summed E-state index contributed by atoms with van der Waals surface area (Å²) in [5, 5.41) is 0. The molecule has 0 unspecified atom stereocenters. The molecule has 0 amide bonds. The minimum absolute atomic E-state index is 0.240. The molecule has 0 N–H and O–H groups in total. The van der Waals surface area contributed by atoms with Gasteiger partial charge in [-0.15, -0.1) is 0 Å². The van der Waals surface area contributed by atoms with Gasteiger partial charge >= 0.3 is 0 Å². The Bertz CT molecular complexity index is 435. The Labute approximate surface area is 96.9 Å². The van der Waals surface area contributed by atoms with Crippen LogP contribution in [-0.2, 0) is 6.42 Å². The fourth-order valence-corrected chi connectivity index (χ4v) is 3.60. The molecule has 1 heteroatoms. The van der Waals surface area contributed by atoms with Crippen molar-refractivity contribution in [2.24, 2.45) is 11.3 Å². The van der Waals surface area contributed by atoms with Crippen molar-refractivity contribution in [3.8, 4) is 0 Å². The van der Waals surface area contributed by atoms with Crippen molar-refractivity contribution in [3.63, 3.8) is 0 Å². The molecule has 1 fully saturated rings. The van der Waals surface area contributed by atoms with E-state index in [2.05, 4.69) is 19.1 Å². The van der Waals surface area contributed by atoms with Crippen molar-refractivity contribution < 1.29 is 4.79 Å². The van der Waals surface area contributed by atoms with Gasteiger partial charge in [0, 0.05) is 11.5 Å². The second-order valence-electron chi connectivity index (χ2n) is 5.65. The van der Waals surface area contributed by atoms with E-state index in [1.165, 1.54) is 24.8 Å². The van der Waals surface area contributed by atoms with E-state index in [1.807, 2.05) is 12.1 Å². The maximum absolute atomic E-state index is 12.5. The third kappa shape index (κ3) is 1.34. The Hall–Kier alpha value is -1.11. The molecule has 2 atom stereocenters. The predicted molar refractivity (Wildman–Crippen MR) is 64.5 cm³/mol. The van der Waals surface area contributed by atoms with Gasteiger partial charge in [-0.1, -0.05) is 44.0 Å². The number of carbonyl (C=O) groups excluding carboxylic acids is 1. The van der Waals surface area contributed by atoms with E-state index >= 15 is 0 Å². The first kappa shape index (κ1) is 10.1. The van der Waals surface area contributed by atoms with Crippen molar-refractivity contribution in [1.82, 2.24) is 0 Å². The standard InChI is InChI=1S/C15H18O/c1-15-9-5-4-8-13(15)14(16)12-7-3-2-6-11(12)10-15/h2-3,6-7,13H,4-5,8-10H2,1H3/t13-,15-/m1/s1. The molecule has 0 radical (unpaired) electrons. The lowest BCUT2D eigenvalue weighted by Crippen LogP contribution is -2.42. The summed E-state index contributed by atoms with van der Waals surface area (Å²) in [5.41, 5.74) is 2.50. The lowest BCUT2D eigenvalue weighted by Gasteiger charge is -2.44. The zero-order valence-corrected chi connectivity index (χ0v) is 9.83. The number of fused-ring (bicyclic) bond motifs is 2. The number of ketones is 1. The van der Waals surface area contributed by atoms with Crippen LogP contribution in [0.2, 0.25) is 0 Å². The first-order valence-electron chi connectivity index (χ1n) is 6.33. The van der Waals surface area contributed by atoms with Crippen LogP contribution in [-0.4, -0.2) is 5.78 Å². The van der Waals surface area contributed by atoms with E-state index in [4.69, 9.17) is 0 Å². The molecule has 1 nitrogen and oxygen atoms in total. The monoisotopic (exact) mass is 214 g/mol. The molecule has 84 valence electrons. The average Bonchev–Trinajstić information content (AvgIpc) is 2.28. The normalized spacial score (nSPS) is 33.1. The van der Waals surface area contributed by atoms with E-state index in [1.54, 1.807) is 0 Å². The summed E-state index contributed by atoms with van der Waals surface area (Å²) in [6.07, 6.45) is 5.94. The molecule has 1 saturated carbocycles. The van der Waals surface area contributed by atoms with Gasteiger partial charge in [-0.3, -0.25) is 4.79 Å². The molecule has 1 aromatic rings. The van der Waals surface area contributed by atoms with Gasteiger partial charge in [-0.2, -0.15) is 0 Å². The Morgan fingerprint density at radius 3 is 2.94 bits per heavy atom. The summed E-state index contributed by atoms with van der Waals surface area (Å²) in [7, 11) is 0. The van der Waals surface area contributed by atoms with Gasteiger partial charge in [0.1, 0.15) is 0 Å². The largest absolute Gasteiger partial charge is 0.294 e. The molecule has 2 aliphatic carbocycles. The first-order chi connectivity index (χ1) is 7.71. The molecule has 0 aliphatic heterocycles. The van der Waals surface area contributed by atoms with Crippen LogP contribution in [0, 0.1) is 11.3 Å². The highest BCUT2D eigenvalue weighted by molar-refractivity contribution is 6.00. The highest BCUT2D eigenvalue weighted by Gasteiger charge is 2.44. The lowest BCUT2D eigenvalue weighted by atomic mass is 9.59. The summed E-state index contributed by atoms with van der Waals surface area (Å²) < 4.78 is 0. The second-order valence-corrected chi connectivity index (χ2v) is 5.65. The number of benzene rings is 1. The summed E-state index contributed by atoms with van der Waals surface area (Å²) in [5.74, 6) is 0.695. The predicted octanol–water partition coefficient (Wildman–Crippen LogP) is 3.62. The van der Waals surface area contributed by atoms with Crippen LogP contribution in [0.5, 0.6) is 0 Å². The molecule has 0 bridgehead atoms. The van der Waals surface area contributed by atoms with Gasteiger partial charge in [-0.05, 0) is 30.2 Å². The topological polar surface area (TPSA) is 17.1 Å². The third-order valence-electron chi connectivity index (χ3n) is 4.53. The fourth-order valence-electron chi connectivity index (χ4n) is 3.60. The van der Waals surface area contributed by atoms with E-state index in [0.29, 0.717) is 5.78 Å². The van der Waals surface area contributed by atoms with Crippen molar-refractivity contribution in [2.45, 2.75) is 39.0 Å². The van der Waals surface area contributed by atoms with Crippen molar-refractivity contribution >= 4 is 5.78 Å². The van der Waals surface area contributed by atoms with E-state index < -0.39 is 0 Å². The van der Waals surface area contributed by atoms with Crippen LogP contribution in [0.3, 0.4) is 0 Å². The maximum Gasteiger partial charge on any atom is 0.166 e. The van der Waals surface area contributed by atoms with Gasteiger partial charge in [-0.25, -0.2) is 0 Å². The van der Waals surface area contributed by atoms with Crippen LogP contribution < -0.4 is 0 Å². The van der Waals surface area contributed by atoms with Crippen LogP contribution in [0.25, 0.3) is 0 Å². The van der Waals surface area contributed by atoms with Gasteiger partial charge < -0.3 is 0 Å². The first-order valence-corrected chi connectivity index (χ1v) is 6.33. The summed E-state index contributed by atoms with van der Waals surface area (Å²) >= 11 is 0. The zero-order valence-electron chi connectivity index (χ0n) is 9.83. The van der Waals surface area contributed by atoms with E-state index in [0.717, 1.165) is 18.4 Å². The van der Waals surface area contributed by atoms with Gasteiger partial charge in [0.2, 0.25) is 0 Å². The molecular weight excluding hydrogens is 196 g/mol. The van der Waals surface area contributed by atoms with Gasteiger partial charge in [0.15, 0.2) is 5.78 Å². The average molecular weight is 214 g/mol. The number of hydrogen-bond donors (Lipinski definition) is 0. The van der Waals surface area contributed by atoms with Crippen molar-refractivity contribution in [3.05, 3.63) is 35.4 Å².